The summed E-state index contributed by atoms with van der Waals surface area (Å²) in [5.74, 6) is -4.03. The van der Waals surface area contributed by atoms with E-state index in [0.717, 1.165) is 17.7 Å². The quantitative estimate of drug-likeness (QED) is 0.267. The van der Waals surface area contributed by atoms with Crippen molar-refractivity contribution in [3.63, 3.8) is 0 Å². The maximum absolute atomic E-state index is 13.4. The number of amidine groups is 1. The lowest BCUT2D eigenvalue weighted by atomic mass is 10.1. The average Bonchev–Trinajstić information content (AvgIpc) is 2.52. The van der Waals surface area contributed by atoms with Gasteiger partial charge in [0, 0.05) is 12.1 Å². The van der Waals surface area contributed by atoms with Gasteiger partial charge in [-0.2, -0.15) is 0 Å². The molecule has 7 heteroatoms. The van der Waals surface area contributed by atoms with E-state index in [1.165, 1.54) is 0 Å². The number of benzene rings is 2. The highest BCUT2D eigenvalue weighted by Crippen LogP contribution is 2.20. The van der Waals surface area contributed by atoms with Crippen LogP contribution in [0.15, 0.2) is 41.6 Å². The second-order valence-corrected chi connectivity index (χ2v) is 4.26. The summed E-state index contributed by atoms with van der Waals surface area (Å²) in [6, 6.07) is 8.57. The largest absolute Gasteiger partial charge is 0.409 e. The molecular weight excluding hydrogens is 283 g/mol. The molecule has 2 aromatic rings. The van der Waals surface area contributed by atoms with E-state index in [9.17, 15) is 13.2 Å². The van der Waals surface area contributed by atoms with E-state index in [0.29, 0.717) is 5.56 Å². The van der Waals surface area contributed by atoms with Crippen molar-refractivity contribution >= 4 is 11.5 Å². The molecular formula is C14H12F3N3O. The van der Waals surface area contributed by atoms with E-state index in [2.05, 4.69) is 10.5 Å². The average molecular weight is 295 g/mol. The SMILES string of the molecule is NC(=NO)c1ccc(CNc2ccc(F)c(F)c2F)cc1. The third-order valence-electron chi connectivity index (χ3n) is 2.88. The van der Waals surface area contributed by atoms with Gasteiger partial charge >= 0.3 is 0 Å². The van der Waals surface area contributed by atoms with E-state index < -0.39 is 17.5 Å². The Morgan fingerprint density at radius 1 is 1.05 bits per heavy atom. The zero-order chi connectivity index (χ0) is 15.4. The molecule has 0 aliphatic heterocycles. The molecule has 2 aromatic carbocycles. The Labute approximate surface area is 118 Å². The van der Waals surface area contributed by atoms with Crippen LogP contribution < -0.4 is 11.1 Å². The molecule has 4 nitrogen and oxygen atoms in total. The topological polar surface area (TPSA) is 70.6 Å². The van der Waals surface area contributed by atoms with Gasteiger partial charge in [-0.25, -0.2) is 13.2 Å². The first kappa shape index (κ1) is 14.7. The lowest BCUT2D eigenvalue weighted by Gasteiger charge is -2.09. The number of hydrogen-bond donors (Lipinski definition) is 3. The van der Waals surface area contributed by atoms with Crippen molar-refractivity contribution in [1.29, 1.82) is 0 Å². The van der Waals surface area contributed by atoms with Gasteiger partial charge < -0.3 is 16.3 Å². The molecule has 0 aromatic heterocycles. The first-order valence-corrected chi connectivity index (χ1v) is 5.97. The summed E-state index contributed by atoms with van der Waals surface area (Å²) in [7, 11) is 0. The molecule has 0 radical (unpaired) electrons. The number of oxime groups is 1. The number of nitrogens with two attached hydrogens (primary N) is 1. The van der Waals surface area contributed by atoms with E-state index in [1.54, 1.807) is 24.3 Å². The summed E-state index contributed by atoms with van der Waals surface area (Å²) in [6.45, 7) is 0.207. The molecule has 0 aliphatic carbocycles. The number of anilines is 1. The molecule has 2 rings (SSSR count). The Morgan fingerprint density at radius 2 is 1.71 bits per heavy atom. The fraction of sp³-hybridized carbons (Fsp3) is 0.0714. The van der Waals surface area contributed by atoms with Gasteiger partial charge in [0.1, 0.15) is 0 Å². The normalized spacial score (nSPS) is 11.5. The third kappa shape index (κ3) is 3.25. The summed E-state index contributed by atoms with van der Waals surface area (Å²) in [5, 5.41) is 14.1. The van der Waals surface area contributed by atoms with Gasteiger partial charge in [0.25, 0.3) is 0 Å². The molecule has 0 aliphatic rings. The van der Waals surface area contributed by atoms with E-state index in [-0.39, 0.29) is 18.1 Å². The summed E-state index contributed by atoms with van der Waals surface area (Å²) in [4.78, 5) is 0. The zero-order valence-corrected chi connectivity index (χ0v) is 10.8. The Hall–Kier alpha value is -2.70. The minimum atomic E-state index is -1.51. The predicted molar refractivity (Wildman–Crippen MR) is 72.6 cm³/mol. The number of halogens is 3. The standard InChI is InChI=1S/C14H12F3N3O/c15-10-5-6-11(13(17)12(10)16)19-7-8-1-3-9(4-2-8)14(18)20-21/h1-6,19,21H,7H2,(H2,18,20). The minimum absolute atomic E-state index is 0.0267. The van der Waals surface area contributed by atoms with Crippen molar-refractivity contribution in [3.05, 3.63) is 65.0 Å². The second-order valence-electron chi connectivity index (χ2n) is 4.26. The molecule has 0 bridgehead atoms. The molecule has 0 heterocycles. The fourth-order valence-electron chi connectivity index (χ4n) is 1.71. The Bertz CT molecular complexity index is 672. The predicted octanol–water partition coefficient (Wildman–Crippen LogP) is 2.81. The van der Waals surface area contributed by atoms with Crippen LogP contribution in [0, 0.1) is 17.5 Å². The fourth-order valence-corrected chi connectivity index (χ4v) is 1.71. The lowest BCUT2D eigenvalue weighted by molar-refractivity contribution is 0.318. The van der Waals surface area contributed by atoms with Gasteiger partial charge in [-0.1, -0.05) is 29.4 Å². The first-order chi connectivity index (χ1) is 10.0. The van der Waals surface area contributed by atoms with Crippen molar-refractivity contribution in [3.8, 4) is 0 Å². The number of rotatable bonds is 4. The van der Waals surface area contributed by atoms with Gasteiger partial charge in [-0.3, -0.25) is 0 Å². The number of nitrogens with zero attached hydrogens (tertiary/aromatic N) is 1. The zero-order valence-electron chi connectivity index (χ0n) is 10.8. The van der Waals surface area contributed by atoms with Crippen LogP contribution in [0.4, 0.5) is 18.9 Å². The van der Waals surface area contributed by atoms with Crippen LogP contribution in [-0.4, -0.2) is 11.0 Å². The lowest BCUT2D eigenvalue weighted by Crippen LogP contribution is -2.13. The monoisotopic (exact) mass is 295 g/mol. The van der Waals surface area contributed by atoms with Crippen molar-refractivity contribution in [1.82, 2.24) is 0 Å². The molecule has 0 fully saturated rings. The van der Waals surface area contributed by atoms with Crippen LogP contribution in [0.1, 0.15) is 11.1 Å². The highest BCUT2D eigenvalue weighted by Gasteiger charge is 2.12. The molecule has 0 unspecified atom stereocenters. The maximum atomic E-state index is 13.4. The molecule has 0 spiro atoms. The van der Waals surface area contributed by atoms with E-state index in [1.807, 2.05) is 0 Å². The summed E-state index contributed by atoms with van der Waals surface area (Å²) in [5.41, 5.74) is 6.57. The number of hydrogen-bond acceptors (Lipinski definition) is 3. The van der Waals surface area contributed by atoms with Crippen molar-refractivity contribution in [2.24, 2.45) is 10.9 Å². The van der Waals surface area contributed by atoms with Crippen LogP contribution >= 0.6 is 0 Å². The van der Waals surface area contributed by atoms with E-state index in [4.69, 9.17) is 10.9 Å². The van der Waals surface area contributed by atoms with Crippen LogP contribution in [-0.2, 0) is 6.54 Å². The third-order valence-corrected chi connectivity index (χ3v) is 2.88. The molecule has 0 atom stereocenters. The minimum Gasteiger partial charge on any atom is -0.409 e. The molecule has 21 heavy (non-hydrogen) atoms. The van der Waals surface area contributed by atoms with Crippen LogP contribution in [0.5, 0.6) is 0 Å². The van der Waals surface area contributed by atoms with Crippen LogP contribution in [0.3, 0.4) is 0 Å². The van der Waals surface area contributed by atoms with Crippen molar-refractivity contribution < 1.29 is 18.4 Å². The van der Waals surface area contributed by atoms with Gasteiger partial charge in [-0.05, 0) is 17.7 Å². The smallest absolute Gasteiger partial charge is 0.196 e. The number of nitrogens with one attached hydrogen (secondary N) is 1. The summed E-state index contributed by atoms with van der Waals surface area (Å²) < 4.78 is 39.3. The molecule has 110 valence electrons. The highest BCUT2D eigenvalue weighted by atomic mass is 19.2. The van der Waals surface area contributed by atoms with Gasteiger partial charge in [0.15, 0.2) is 23.3 Å². The van der Waals surface area contributed by atoms with Gasteiger partial charge in [0.2, 0.25) is 0 Å². The second kappa shape index (κ2) is 6.17. The van der Waals surface area contributed by atoms with E-state index >= 15 is 0 Å². The van der Waals surface area contributed by atoms with Gasteiger partial charge in [-0.15, -0.1) is 0 Å². The Kier molecular flexibility index (Phi) is 4.32. The maximum Gasteiger partial charge on any atom is 0.196 e. The van der Waals surface area contributed by atoms with Crippen LogP contribution in [0.2, 0.25) is 0 Å². The first-order valence-electron chi connectivity index (χ1n) is 5.97. The van der Waals surface area contributed by atoms with Crippen molar-refractivity contribution in [2.75, 3.05) is 5.32 Å². The summed E-state index contributed by atoms with van der Waals surface area (Å²) >= 11 is 0. The molecule has 0 saturated carbocycles. The summed E-state index contributed by atoms with van der Waals surface area (Å²) in [6.07, 6.45) is 0. The van der Waals surface area contributed by atoms with Crippen molar-refractivity contribution in [2.45, 2.75) is 6.54 Å². The van der Waals surface area contributed by atoms with Crippen LogP contribution in [0.25, 0.3) is 0 Å². The van der Waals surface area contributed by atoms with Gasteiger partial charge in [0.05, 0.1) is 5.69 Å². The molecule has 4 N–H and O–H groups in total. The highest BCUT2D eigenvalue weighted by molar-refractivity contribution is 5.96. The molecule has 0 saturated heterocycles. The Balaban J connectivity index is 2.08. The molecule has 0 amide bonds. The Morgan fingerprint density at radius 3 is 2.33 bits per heavy atom.